The van der Waals surface area contributed by atoms with Crippen molar-refractivity contribution in [3.8, 4) is 0 Å². The number of anilines is 1. The van der Waals surface area contributed by atoms with E-state index in [1.54, 1.807) is 0 Å². The van der Waals surface area contributed by atoms with Crippen molar-refractivity contribution in [3.05, 3.63) is 60.7 Å². The summed E-state index contributed by atoms with van der Waals surface area (Å²) in [5, 5.41) is 0. The maximum atomic E-state index is 4.53. The highest BCUT2D eigenvalue weighted by atomic mass is 15.2. The van der Waals surface area contributed by atoms with Gasteiger partial charge in [0, 0.05) is 31.3 Å². The average molecular weight is 276 g/mol. The molecule has 0 saturated carbocycles. The van der Waals surface area contributed by atoms with E-state index in [0.29, 0.717) is 6.04 Å². The van der Waals surface area contributed by atoms with Crippen LogP contribution in [0.15, 0.2) is 55.1 Å². The molecule has 0 bridgehead atoms. The molecule has 4 heteroatoms. The fourth-order valence-corrected chi connectivity index (χ4v) is 3.17. The molecule has 104 valence electrons. The van der Waals surface area contributed by atoms with Crippen molar-refractivity contribution in [2.45, 2.75) is 18.9 Å². The summed E-state index contributed by atoms with van der Waals surface area (Å²) < 4.78 is 0. The smallest absolute Gasteiger partial charge is 0.112 e. The predicted octanol–water partition coefficient (Wildman–Crippen LogP) is 3.37. The number of aromatic nitrogens is 3. The Morgan fingerprint density at radius 3 is 2.86 bits per heavy atom. The zero-order chi connectivity index (χ0) is 14.1. The number of hydrogen-bond donors (Lipinski definition) is 0. The molecule has 4 heterocycles. The van der Waals surface area contributed by atoms with Crippen LogP contribution in [0.1, 0.15) is 24.4 Å². The van der Waals surface area contributed by atoms with Crippen LogP contribution in [-0.4, -0.2) is 21.5 Å². The van der Waals surface area contributed by atoms with E-state index in [9.17, 15) is 0 Å². The lowest BCUT2D eigenvalue weighted by molar-refractivity contribution is 0.716. The monoisotopic (exact) mass is 276 g/mol. The molecule has 0 spiro atoms. The Bertz CT molecular complexity index is 752. The zero-order valence-electron chi connectivity index (χ0n) is 11.7. The molecule has 0 aromatic carbocycles. The van der Waals surface area contributed by atoms with Crippen LogP contribution in [0.25, 0.3) is 11.0 Å². The highest BCUT2D eigenvalue weighted by molar-refractivity contribution is 5.87. The summed E-state index contributed by atoms with van der Waals surface area (Å²) in [6, 6.07) is 10.6. The standard InChI is InChI=1S/C17H16N4/c1-4-13(12-18-8-1)15-6-3-11-21(15)16-7-10-19-14-5-2-9-20-17(14)16/h1-2,4-5,7-10,12,15H,3,6,11H2. The summed E-state index contributed by atoms with van der Waals surface area (Å²) in [5.74, 6) is 0. The molecule has 3 aromatic rings. The van der Waals surface area contributed by atoms with Gasteiger partial charge in [0.25, 0.3) is 0 Å². The van der Waals surface area contributed by atoms with Gasteiger partial charge < -0.3 is 4.90 Å². The van der Waals surface area contributed by atoms with Gasteiger partial charge in [-0.15, -0.1) is 0 Å². The second-order valence-electron chi connectivity index (χ2n) is 5.34. The molecular formula is C17H16N4. The van der Waals surface area contributed by atoms with Crippen molar-refractivity contribution in [2.24, 2.45) is 0 Å². The van der Waals surface area contributed by atoms with Gasteiger partial charge in [0.2, 0.25) is 0 Å². The van der Waals surface area contributed by atoms with Crippen molar-refractivity contribution in [3.63, 3.8) is 0 Å². The first kappa shape index (κ1) is 12.3. The summed E-state index contributed by atoms with van der Waals surface area (Å²) in [4.78, 5) is 15.6. The fourth-order valence-electron chi connectivity index (χ4n) is 3.17. The van der Waals surface area contributed by atoms with Gasteiger partial charge in [-0.2, -0.15) is 0 Å². The van der Waals surface area contributed by atoms with E-state index in [2.05, 4.69) is 32.0 Å². The van der Waals surface area contributed by atoms with Crippen LogP contribution in [0.3, 0.4) is 0 Å². The van der Waals surface area contributed by atoms with Crippen molar-refractivity contribution in [2.75, 3.05) is 11.4 Å². The minimum Gasteiger partial charge on any atom is -0.363 e. The second-order valence-corrected chi connectivity index (χ2v) is 5.34. The van der Waals surface area contributed by atoms with Crippen LogP contribution in [0, 0.1) is 0 Å². The van der Waals surface area contributed by atoms with Crippen LogP contribution >= 0.6 is 0 Å². The van der Waals surface area contributed by atoms with Gasteiger partial charge >= 0.3 is 0 Å². The second kappa shape index (κ2) is 5.13. The van der Waals surface area contributed by atoms with Crippen LogP contribution < -0.4 is 4.90 Å². The van der Waals surface area contributed by atoms with E-state index in [1.807, 2.05) is 43.0 Å². The Morgan fingerprint density at radius 2 is 1.95 bits per heavy atom. The molecule has 1 unspecified atom stereocenters. The van der Waals surface area contributed by atoms with Crippen molar-refractivity contribution in [1.82, 2.24) is 15.0 Å². The molecule has 1 saturated heterocycles. The molecule has 0 aliphatic carbocycles. The highest BCUT2D eigenvalue weighted by Gasteiger charge is 2.27. The molecule has 0 N–H and O–H groups in total. The SMILES string of the molecule is c1cncc(C2CCCN2c2ccnc3cccnc23)c1. The molecule has 1 aliphatic rings. The quantitative estimate of drug-likeness (QED) is 0.719. The zero-order valence-corrected chi connectivity index (χ0v) is 11.7. The van der Waals surface area contributed by atoms with E-state index in [4.69, 9.17) is 0 Å². The first-order valence-corrected chi connectivity index (χ1v) is 7.30. The van der Waals surface area contributed by atoms with Crippen molar-refractivity contribution < 1.29 is 0 Å². The summed E-state index contributed by atoms with van der Waals surface area (Å²) in [6.45, 7) is 1.05. The lowest BCUT2D eigenvalue weighted by atomic mass is 10.1. The molecule has 0 radical (unpaired) electrons. The van der Waals surface area contributed by atoms with Crippen molar-refractivity contribution >= 4 is 16.7 Å². The lowest BCUT2D eigenvalue weighted by Crippen LogP contribution is -2.23. The maximum Gasteiger partial charge on any atom is 0.112 e. The van der Waals surface area contributed by atoms with Crippen LogP contribution in [0.5, 0.6) is 0 Å². The predicted molar refractivity (Wildman–Crippen MR) is 83.1 cm³/mol. The third-order valence-electron chi connectivity index (χ3n) is 4.11. The fraction of sp³-hybridized carbons (Fsp3) is 0.235. The van der Waals surface area contributed by atoms with Crippen molar-refractivity contribution in [1.29, 1.82) is 0 Å². The minimum absolute atomic E-state index is 0.381. The molecule has 1 atom stereocenters. The highest BCUT2D eigenvalue weighted by Crippen LogP contribution is 2.37. The molecule has 3 aromatic heterocycles. The third kappa shape index (κ3) is 2.13. The van der Waals surface area contributed by atoms with Gasteiger partial charge in [-0.25, -0.2) is 0 Å². The summed E-state index contributed by atoms with van der Waals surface area (Å²) in [6.07, 6.45) is 9.85. The topological polar surface area (TPSA) is 41.9 Å². The molecule has 4 rings (SSSR count). The first-order chi connectivity index (χ1) is 10.4. The summed E-state index contributed by atoms with van der Waals surface area (Å²) in [5.41, 5.74) is 4.38. The van der Waals surface area contributed by atoms with Gasteiger partial charge in [-0.3, -0.25) is 15.0 Å². The molecule has 1 aliphatic heterocycles. The van der Waals surface area contributed by atoms with E-state index in [0.717, 1.165) is 24.0 Å². The van der Waals surface area contributed by atoms with Gasteiger partial charge in [0.15, 0.2) is 0 Å². The van der Waals surface area contributed by atoms with Crippen LogP contribution in [0.2, 0.25) is 0 Å². The Balaban J connectivity index is 1.81. The molecule has 4 nitrogen and oxygen atoms in total. The molecule has 1 fully saturated rings. The Labute approximate surface area is 123 Å². The third-order valence-corrected chi connectivity index (χ3v) is 4.11. The van der Waals surface area contributed by atoms with E-state index in [-0.39, 0.29) is 0 Å². The number of nitrogens with zero attached hydrogens (tertiary/aromatic N) is 4. The number of pyridine rings is 3. The van der Waals surface area contributed by atoms with Gasteiger partial charge in [-0.1, -0.05) is 6.07 Å². The Hall–Kier alpha value is -2.49. The van der Waals surface area contributed by atoms with E-state index in [1.165, 1.54) is 17.7 Å². The largest absolute Gasteiger partial charge is 0.363 e. The van der Waals surface area contributed by atoms with Crippen LogP contribution in [0.4, 0.5) is 5.69 Å². The number of fused-ring (bicyclic) bond motifs is 1. The summed E-state index contributed by atoms with van der Waals surface area (Å²) >= 11 is 0. The Morgan fingerprint density at radius 1 is 1.00 bits per heavy atom. The first-order valence-electron chi connectivity index (χ1n) is 7.30. The Kier molecular flexibility index (Phi) is 2.99. The van der Waals surface area contributed by atoms with E-state index < -0.39 is 0 Å². The van der Waals surface area contributed by atoms with Gasteiger partial charge in [0.05, 0.1) is 17.2 Å². The maximum absolute atomic E-state index is 4.53. The summed E-state index contributed by atoms with van der Waals surface area (Å²) in [7, 11) is 0. The average Bonchev–Trinajstić information content (AvgIpc) is 3.04. The lowest BCUT2D eigenvalue weighted by Gasteiger charge is -2.27. The number of rotatable bonds is 2. The molecule has 21 heavy (non-hydrogen) atoms. The minimum atomic E-state index is 0.381. The molecule has 0 amide bonds. The molecular weight excluding hydrogens is 260 g/mol. The normalized spacial score (nSPS) is 18.3. The van der Waals surface area contributed by atoms with E-state index >= 15 is 0 Å². The van der Waals surface area contributed by atoms with Crippen LogP contribution in [-0.2, 0) is 0 Å². The van der Waals surface area contributed by atoms with Gasteiger partial charge in [0.1, 0.15) is 5.52 Å². The van der Waals surface area contributed by atoms with Gasteiger partial charge in [-0.05, 0) is 42.7 Å². The number of hydrogen-bond acceptors (Lipinski definition) is 4.